The second kappa shape index (κ2) is 10.8. The molecule has 4 fully saturated rings. The first-order valence-electron chi connectivity index (χ1n) is 13.0. The highest BCUT2D eigenvalue weighted by Gasteiger charge is 2.38. The number of allylic oxidation sites excluding steroid dienone is 2. The number of alkyl halides is 3. The summed E-state index contributed by atoms with van der Waals surface area (Å²) < 4.78 is 63.2. The second-order valence-corrected chi connectivity index (χ2v) is 11.2. The summed E-state index contributed by atoms with van der Waals surface area (Å²) in [5.41, 5.74) is 0. The summed E-state index contributed by atoms with van der Waals surface area (Å²) in [7, 11) is 0. The Labute approximate surface area is 190 Å². The van der Waals surface area contributed by atoms with E-state index in [9.17, 15) is 17.6 Å². The molecule has 4 rings (SSSR count). The summed E-state index contributed by atoms with van der Waals surface area (Å²) in [5.74, 6) is 2.44. The SMILES string of the molecule is CC1CCC(C2CCC(C3COC(C4CCC(/C(F)=C/C(F)(F)F)CC4)OC3)CC2)CC1. The molecule has 3 aliphatic carbocycles. The van der Waals surface area contributed by atoms with Gasteiger partial charge in [0.1, 0.15) is 5.83 Å². The Morgan fingerprint density at radius 3 is 1.59 bits per heavy atom. The molecule has 1 heterocycles. The van der Waals surface area contributed by atoms with E-state index in [4.69, 9.17) is 9.47 Å². The molecule has 6 heteroatoms. The first-order valence-corrected chi connectivity index (χ1v) is 13.0. The van der Waals surface area contributed by atoms with Gasteiger partial charge in [0, 0.05) is 17.8 Å². The van der Waals surface area contributed by atoms with Gasteiger partial charge in [0.2, 0.25) is 0 Å². The zero-order chi connectivity index (χ0) is 22.7. The highest BCUT2D eigenvalue weighted by atomic mass is 19.4. The van der Waals surface area contributed by atoms with E-state index in [2.05, 4.69) is 6.92 Å². The molecule has 1 aliphatic heterocycles. The summed E-state index contributed by atoms with van der Waals surface area (Å²) in [6, 6.07) is 0. The van der Waals surface area contributed by atoms with Gasteiger partial charge in [0.15, 0.2) is 6.29 Å². The molecule has 0 N–H and O–H groups in total. The molecule has 2 nitrogen and oxygen atoms in total. The number of hydrogen-bond donors (Lipinski definition) is 0. The Hall–Kier alpha value is -0.620. The maximum absolute atomic E-state index is 13.9. The third-order valence-corrected chi connectivity index (χ3v) is 9.01. The van der Waals surface area contributed by atoms with Crippen molar-refractivity contribution in [3.05, 3.63) is 11.9 Å². The van der Waals surface area contributed by atoms with Crippen LogP contribution < -0.4 is 0 Å². The molecule has 0 aromatic rings. The van der Waals surface area contributed by atoms with Crippen molar-refractivity contribution in [1.29, 1.82) is 0 Å². The van der Waals surface area contributed by atoms with Crippen molar-refractivity contribution < 1.29 is 27.0 Å². The van der Waals surface area contributed by atoms with Gasteiger partial charge in [-0.1, -0.05) is 19.8 Å². The van der Waals surface area contributed by atoms with Crippen LogP contribution in [0.3, 0.4) is 0 Å². The van der Waals surface area contributed by atoms with Crippen LogP contribution in [0, 0.1) is 41.4 Å². The lowest BCUT2D eigenvalue weighted by atomic mass is 9.67. The van der Waals surface area contributed by atoms with E-state index in [1.807, 2.05) is 0 Å². The van der Waals surface area contributed by atoms with Crippen LogP contribution >= 0.6 is 0 Å². The zero-order valence-corrected chi connectivity index (χ0v) is 19.4. The van der Waals surface area contributed by atoms with Crippen LogP contribution in [-0.4, -0.2) is 25.7 Å². The Morgan fingerprint density at radius 1 is 0.656 bits per heavy atom. The van der Waals surface area contributed by atoms with Crippen LogP contribution in [-0.2, 0) is 9.47 Å². The maximum atomic E-state index is 13.9. The summed E-state index contributed by atoms with van der Waals surface area (Å²) in [6.07, 6.45) is 8.07. The molecule has 1 saturated heterocycles. The molecule has 0 atom stereocenters. The molecule has 4 aliphatic rings. The smallest absolute Gasteiger partial charge is 0.352 e. The minimum Gasteiger partial charge on any atom is -0.352 e. The molecule has 0 amide bonds. The predicted molar refractivity (Wildman–Crippen MR) is 116 cm³/mol. The van der Waals surface area contributed by atoms with E-state index in [-0.39, 0.29) is 18.3 Å². The third kappa shape index (κ3) is 6.49. The lowest BCUT2D eigenvalue weighted by molar-refractivity contribution is -0.237. The second-order valence-electron chi connectivity index (χ2n) is 11.2. The van der Waals surface area contributed by atoms with Crippen LogP contribution in [0.1, 0.15) is 84.0 Å². The minimum atomic E-state index is -4.58. The van der Waals surface area contributed by atoms with Crippen molar-refractivity contribution in [2.45, 2.75) is 96.4 Å². The van der Waals surface area contributed by atoms with Gasteiger partial charge >= 0.3 is 6.18 Å². The number of hydrogen-bond acceptors (Lipinski definition) is 2. The lowest BCUT2D eigenvalue weighted by Crippen LogP contribution is -2.41. The molecular formula is C26H40F4O2. The molecule has 0 spiro atoms. The van der Waals surface area contributed by atoms with E-state index in [0.29, 0.717) is 37.5 Å². The highest BCUT2D eigenvalue weighted by Crippen LogP contribution is 2.44. The number of halogens is 4. The molecular weight excluding hydrogens is 420 g/mol. The van der Waals surface area contributed by atoms with Gasteiger partial charge in [-0.2, -0.15) is 13.2 Å². The topological polar surface area (TPSA) is 18.5 Å². The molecule has 32 heavy (non-hydrogen) atoms. The quantitative estimate of drug-likeness (QED) is 0.398. The Bertz CT molecular complexity index is 602. The third-order valence-electron chi connectivity index (χ3n) is 9.01. The van der Waals surface area contributed by atoms with Crippen molar-refractivity contribution >= 4 is 0 Å². The Morgan fingerprint density at radius 2 is 1.09 bits per heavy atom. The monoisotopic (exact) mass is 460 g/mol. The fourth-order valence-electron chi connectivity index (χ4n) is 6.86. The average Bonchev–Trinajstić information content (AvgIpc) is 2.79. The Kier molecular flexibility index (Phi) is 8.23. The van der Waals surface area contributed by atoms with Gasteiger partial charge in [0.05, 0.1) is 19.3 Å². The van der Waals surface area contributed by atoms with E-state index in [0.717, 1.165) is 31.0 Å². The van der Waals surface area contributed by atoms with Crippen LogP contribution in [0.4, 0.5) is 17.6 Å². The van der Waals surface area contributed by atoms with Gasteiger partial charge in [0.25, 0.3) is 0 Å². The molecule has 3 saturated carbocycles. The van der Waals surface area contributed by atoms with Gasteiger partial charge in [-0.25, -0.2) is 4.39 Å². The summed E-state index contributed by atoms with van der Waals surface area (Å²) in [6.45, 7) is 3.84. The molecule has 0 bridgehead atoms. The normalized spacial score (nSPS) is 42.6. The average molecular weight is 461 g/mol. The van der Waals surface area contributed by atoms with Crippen LogP contribution in [0.25, 0.3) is 0 Å². The van der Waals surface area contributed by atoms with Crippen molar-refractivity contribution in [3.8, 4) is 0 Å². The van der Waals surface area contributed by atoms with Gasteiger partial charge < -0.3 is 9.47 Å². The highest BCUT2D eigenvalue weighted by molar-refractivity contribution is 5.03. The van der Waals surface area contributed by atoms with Crippen molar-refractivity contribution in [2.75, 3.05) is 13.2 Å². The first-order chi connectivity index (χ1) is 15.3. The van der Waals surface area contributed by atoms with Gasteiger partial charge in [-0.15, -0.1) is 0 Å². The van der Waals surface area contributed by atoms with E-state index in [1.54, 1.807) is 0 Å². The lowest BCUT2D eigenvalue weighted by Gasteiger charge is -2.42. The molecule has 184 valence electrons. The van der Waals surface area contributed by atoms with Crippen molar-refractivity contribution in [2.24, 2.45) is 41.4 Å². The van der Waals surface area contributed by atoms with Gasteiger partial charge in [-0.05, 0) is 87.9 Å². The molecule has 0 radical (unpaired) electrons. The Balaban J connectivity index is 1.16. The van der Waals surface area contributed by atoms with E-state index >= 15 is 0 Å². The van der Waals surface area contributed by atoms with Crippen LogP contribution in [0.5, 0.6) is 0 Å². The first kappa shape index (κ1) is 24.5. The maximum Gasteiger partial charge on any atom is 0.412 e. The zero-order valence-electron chi connectivity index (χ0n) is 19.4. The fourth-order valence-corrected chi connectivity index (χ4v) is 6.86. The van der Waals surface area contributed by atoms with E-state index < -0.39 is 17.9 Å². The van der Waals surface area contributed by atoms with Crippen LogP contribution in [0.15, 0.2) is 11.9 Å². The standard InChI is InChI=1S/C26H40F4O2/c1-17-2-4-18(5-3-17)19-6-8-20(9-7-19)23-15-31-25(32-16-23)22-12-10-21(11-13-22)24(27)14-26(28,29)30/h14,17-23,25H,2-13,15-16H2,1H3/b24-14-. The largest absolute Gasteiger partial charge is 0.412 e. The minimum absolute atomic E-state index is 0.162. The summed E-state index contributed by atoms with van der Waals surface area (Å²) in [4.78, 5) is 0. The molecule has 0 unspecified atom stereocenters. The molecule has 0 aromatic heterocycles. The van der Waals surface area contributed by atoms with Crippen LogP contribution in [0.2, 0.25) is 0 Å². The molecule has 0 aromatic carbocycles. The van der Waals surface area contributed by atoms with Crippen molar-refractivity contribution in [1.82, 2.24) is 0 Å². The van der Waals surface area contributed by atoms with E-state index in [1.165, 1.54) is 51.4 Å². The number of rotatable bonds is 4. The van der Waals surface area contributed by atoms with Gasteiger partial charge in [-0.3, -0.25) is 0 Å². The van der Waals surface area contributed by atoms with Crippen molar-refractivity contribution in [3.63, 3.8) is 0 Å². The summed E-state index contributed by atoms with van der Waals surface area (Å²) >= 11 is 0. The fraction of sp³-hybridized carbons (Fsp3) is 0.923. The predicted octanol–water partition coefficient (Wildman–Crippen LogP) is 7.83. The number of ether oxygens (including phenoxy) is 2. The summed E-state index contributed by atoms with van der Waals surface area (Å²) in [5, 5.41) is 0.